The number of hydrogen-bond acceptors (Lipinski definition) is 6. The number of nitrogens with one attached hydrogen (secondary N) is 1. The second-order valence-corrected chi connectivity index (χ2v) is 12.5. The molecule has 0 fully saturated rings. The van der Waals surface area contributed by atoms with Crippen LogP contribution in [0.4, 0.5) is 0 Å². The Morgan fingerprint density at radius 2 is 1.70 bits per heavy atom. The van der Waals surface area contributed by atoms with E-state index in [-0.39, 0.29) is 24.1 Å². The van der Waals surface area contributed by atoms with E-state index in [1.54, 1.807) is 26.0 Å². The molecular formula is C32H32N2O5S. The van der Waals surface area contributed by atoms with Crippen molar-refractivity contribution in [3.05, 3.63) is 123 Å². The highest BCUT2D eigenvalue weighted by molar-refractivity contribution is 7.91. The Hall–Kier alpha value is -4.17. The lowest BCUT2D eigenvalue weighted by molar-refractivity contribution is -0.120. The second kappa shape index (κ2) is 10.8. The first-order chi connectivity index (χ1) is 19.0. The average Bonchev–Trinajstić information content (AvgIpc) is 3.45. The van der Waals surface area contributed by atoms with Gasteiger partial charge in [-0.25, -0.2) is 8.42 Å². The first-order valence-electron chi connectivity index (χ1n) is 13.1. The summed E-state index contributed by atoms with van der Waals surface area (Å²) in [4.78, 5) is 13.3. The van der Waals surface area contributed by atoms with E-state index >= 15 is 0 Å². The molecule has 0 aliphatic heterocycles. The Morgan fingerprint density at radius 1 is 0.950 bits per heavy atom. The zero-order chi connectivity index (χ0) is 28.6. The number of carbonyl (C=O) groups is 1. The number of furan rings is 1. The van der Waals surface area contributed by atoms with E-state index in [1.165, 1.54) is 11.8 Å². The Labute approximate surface area is 234 Å². The highest BCUT2D eigenvalue weighted by atomic mass is 32.2. The van der Waals surface area contributed by atoms with Gasteiger partial charge in [-0.3, -0.25) is 4.79 Å². The van der Waals surface area contributed by atoms with Crippen molar-refractivity contribution in [3.8, 4) is 0 Å². The number of amides is 1. The standard InChI is InChI=1S/C32H32N2O5S/c1-19-11-13-26(20(2)15-19)31(24-9-7-6-8-10-24)33-29(35)17-23-12-14-27-25(16-23)18-28(38-27)32(40(5,36)37)30-21(3)34-39-22(30)4/h6-16,18,31-32H,17H2,1-5H3,(H,33,35). The molecule has 8 heteroatoms. The SMILES string of the molecule is Cc1ccc(C(NC(=O)Cc2ccc3oc(C(c4c(C)noc4C)S(C)(=O)=O)cc3c2)c2ccccc2)c(C)c1. The molecule has 1 amide bonds. The van der Waals surface area contributed by atoms with Crippen LogP contribution in [0, 0.1) is 27.7 Å². The monoisotopic (exact) mass is 556 g/mol. The molecule has 206 valence electrons. The van der Waals surface area contributed by atoms with Gasteiger partial charge in [0.1, 0.15) is 22.4 Å². The summed E-state index contributed by atoms with van der Waals surface area (Å²) in [6.07, 6.45) is 1.33. The maximum absolute atomic E-state index is 13.3. The molecule has 3 aromatic carbocycles. The van der Waals surface area contributed by atoms with Gasteiger partial charge in [0.15, 0.2) is 9.84 Å². The van der Waals surface area contributed by atoms with Crippen LogP contribution in [-0.4, -0.2) is 25.7 Å². The van der Waals surface area contributed by atoms with Crippen molar-refractivity contribution in [2.24, 2.45) is 0 Å². The van der Waals surface area contributed by atoms with E-state index < -0.39 is 15.1 Å². The molecular weight excluding hydrogens is 524 g/mol. The number of benzene rings is 3. The number of rotatable bonds is 8. The van der Waals surface area contributed by atoms with Gasteiger partial charge in [0.05, 0.1) is 18.2 Å². The molecule has 2 atom stereocenters. The first-order valence-corrected chi connectivity index (χ1v) is 15.0. The van der Waals surface area contributed by atoms with Crippen molar-refractivity contribution in [1.82, 2.24) is 10.5 Å². The Balaban J connectivity index is 1.43. The summed E-state index contributed by atoms with van der Waals surface area (Å²) < 4.78 is 36.9. The van der Waals surface area contributed by atoms with Gasteiger partial charge in [-0.2, -0.15) is 0 Å². The summed E-state index contributed by atoms with van der Waals surface area (Å²) >= 11 is 0. The smallest absolute Gasteiger partial charge is 0.225 e. The van der Waals surface area contributed by atoms with Crippen LogP contribution >= 0.6 is 0 Å². The molecule has 2 aromatic heterocycles. The molecule has 2 unspecified atom stereocenters. The number of aryl methyl sites for hydroxylation is 4. The second-order valence-electron chi connectivity index (χ2n) is 10.4. The summed E-state index contributed by atoms with van der Waals surface area (Å²) in [7, 11) is -3.59. The minimum atomic E-state index is -3.59. The zero-order valence-corrected chi connectivity index (χ0v) is 24.0. The van der Waals surface area contributed by atoms with Gasteiger partial charge in [-0.1, -0.05) is 65.3 Å². The van der Waals surface area contributed by atoms with E-state index in [4.69, 9.17) is 8.94 Å². The lowest BCUT2D eigenvalue weighted by Crippen LogP contribution is -2.31. The summed E-state index contributed by atoms with van der Waals surface area (Å²) in [5, 5.41) is 6.83. The molecule has 5 aromatic rings. The first kappa shape index (κ1) is 27.4. The van der Waals surface area contributed by atoms with Crippen LogP contribution in [0.25, 0.3) is 11.0 Å². The highest BCUT2D eigenvalue weighted by Crippen LogP contribution is 2.37. The van der Waals surface area contributed by atoms with Crippen LogP contribution in [-0.2, 0) is 21.1 Å². The Bertz CT molecular complexity index is 1780. The Kier molecular flexibility index (Phi) is 7.38. The molecule has 0 aliphatic carbocycles. The van der Waals surface area contributed by atoms with Crippen molar-refractivity contribution in [3.63, 3.8) is 0 Å². The van der Waals surface area contributed by atoms with Crippen molar-refractivity contribution < 1.29 is 22.2 Å². The van der Waals surface area contributed by atoms with E-state index in [2.05, 4.69) is 42.5 Å². The quantitative estimate of drug-likeness (QED) is 0.243. The zero-order valence-electron chi connectivity index (χ0n) is 23.2. The summed E-state index contributed by atoms with van der Waals surface area (Å²) in [5.41, 5.74) is 6.65. The lowest BCUT2D eigenvalue weighted by Gasteiger charge is -2.22. The van der Waals surface area contributed by atoms with Crippen LogP contribution in [0.3, 0.4) is 0 Å². The van der Waals surface area contributed by atoms with Crippen LogP contribution in [0.5, 0.6) is 0 Å². The van der Waals surface area contributed by atoms with Gasteiger partial charge in [0, 0.05) is 17.2 Å². The molecule has 40 heavy (non-hydrogen) atoms. The van der Waals surface area contributed by atoms with Gasteiger partial charge in [0.25, 0.3) is 0 Å². The van der Waals surface area contributed by atoms with Crippen molar-refractivity contribution >= 4 is 26.7 Å². The van der Waals surface area contributed by atoms with Gasteiger partial charge < -0.3 is 14.3 Å². The van der Waals surface area contributed by atoms with Gasteiger partial charge >= 0.3 is 0 Å². The van der Waals surface area contributed by atoms with Gasteiger partial charge in [0.2, 0.25) is 5.91 Å². The van der Waals surface area contributed by atoms with Gasteiger partial charge in [-0.15, -0.1) is 0 Å². The highest BCUT2D eigenvalue weighted by Gasteiger charge is 2.34. The molecule has 0 saturated heterocycles. The van der Waals surface area contributed by atoms with Crippen molar-refractivity contribution in [2.45, 2.75) is 45.4 Å². The summed E-state index contributed by atoms with van der Waals surface area (Å²) in [6, 6.07) is 23.1. The number of hydrogen-bond donors (Lipinski definition) is 1. The summed E-state index contributed by atoms with van der Waals surface area (Å²) in [5.74, 6) is 0.594. The predicted molar refractivity (Wildman–Crippen MR) is 155 cm³/mol. The molecule has 0 spiro atoms. The van der Waals surface area contributed by atoms with Crippen LogP contribution < -0.4 is 5.32 Å². The Morgan fingerprint density at radius 3 is 2.35 bits per heavy atom. The maximum atomic E-state index is 13.3. The number of aromatic nitrogens is 1. The van der Waals surface area contributed by atoms with E-state index in [9.17, 15) is 13.2 Å². The average molecular weight is 557 g/mol. The van der Waals surface area contributed by atoms with Crippen molar-refractivity contribution in [1.29, 1.82) is 0 Å². The molecule has 2 heterocycles. The molecule has 0 bridgehead atoms. The van der Waals surface area contributed by atoms with Crippen LogP contribution in [0.2, 0.25) is 0 Å². The molecule has 0 saturated carbocycles. The lowest BCUT2D eigenvalue weighted by atomic mass is 9.93. The minimum absolute atomic E-state index is 0.123. The molecule has 0 radical (unpaired) electrons. The summed E-state index contributed by atoms with van der Waals surface area (Å²) in [6.45, 7) is 7.51. The largest absolute Gasteiger partial charge is 0.459 e. The topological polar surface area (TPSA) is 102 Å². The fourth-order valence-corrected chi connectivity index (χ4v) is 6.62. The molecule has 0 aliphatic rings. The maximum Gasteiger partial charge on any atom is 0.225 e. The van der Waals surface area contributed by atoms with E-state index in [0.29, 0.717) is 22.6 Å². The molecule has 1 N–H and O–H groups in total. The minimum Gasteiger partial charge on any atom is -0.459 e. The van der Waals surface area contributed by atoms with E-state index in [0.717, 1.165) is 27.6 Å². The normalized spacial score (nSPS) is 13.3. The van der Waals surface area contributed by atoms with E-state index in [1.807, 2.05) is 42.5 Å². The van der Waals surface area contributed by atoms with Gasteiger partial charge in [-0.05, 0) is 68.1 Å². The third-order valence-electron chi connectivity index (χ3n) is 7.18. The third kappa shape index (κ3) is 5.58. The number of carbonyl (C=O) groups excluding carboxylic acids is 1. The third-order valence-corrected chi connectivity index (χ3v) is 8.50. The number of nitrogens with zero attached hydrogens (tertiary/aromatic N) is 1. The van der Waals surface area contributed by atoms with Crippen LogP contribution in [0.15, 0.2) is 81.7 Å². The van der Waals surface area contributed by atoms with Crippen molar-refractivity contribution in [2.75, 3.05) is 6.26 Å². The molecule has 5 rings (SSSR count). The fourth-order valence-electron chi connectivity index (χ4n) is 5.32. The molecule has 7 nitrogen and oxygen atoms in total. The fraction of sp³-hybridized carbons (Fsp3) is 0.250. The van der Waals surface area contributed by atoms with Crippen LogP contribution in [0.1, 0.15) is 61.9 Å². The number of sulfone groups is 1. The predicted octanol–water partition coefficient (Wildman–Crippen LogP) is 6.24. The number of fused-ring (bicyclic) bond motifs is 1.